The Balaban J connectivity index is 1.60. The number of carbonyl (C=O) groups is 1. The van der Waals surface area contributed by atoms with E-state index in [1.165, 1.54) is 10.9 Å². The van der Waals surface area contributed by atoms with E-state index in [0.717, 1.165) is 29.0 Å². The number of aromatic nitrogens is 4. The zero-order chi connectivity index (χ0) is 24.5. The van der Waals surface area contributed by atoms with E-state index in [4.69, 9.17) is 5.26 Å². The van der Waals surface area contributed by atoms with E-state index < -0.39 is 23.4 Å². The summed E-state index contributed by atoms with van der Waals surface area (Å²) in [5, 5.41) is 24.7. The average Bonchev–Trinajstić information content (AvgIpc) is 3.46. The van der Waals surface area contributed by atoms with Crippen molar-refractivity contribution < 1.29 is 18.0 Å². The molecule has 0 saturated carbocycles. The Morgan fingerprint density at radius 1 is 1.12 bits per heavy atom. The maximum atomic E-state index is 13.1. The van der Waals surface area contributed by atoms with Crippen molar-refractivity contribution in [2.45, 2.75) is 19.0 Å². The number of rotatable bonds is 5. The number of nitrogens with zero attached hydrogens (tertiary/aromatic N) is 6. The molecule has 3 heterocycles. The first kappa shape index (κ1) is 22.8. The molecule has 0 aliphatic heterocycles. The lowest BCUT2D eigenvalue weighted by Crippen LogP contribution is -2.13. The molecule has 11 heteroatoms. The molecule has 1 atom stereocenters. The minimum absolute atomic E-state index is 0.107. The lowest BCUT2D eigenvalue weighted by molar-refractivity contribution is -0.137. The van der Waals surface area contributed by atoms with Gasteiger partial charge < -0.3 is 0 Å². The standard InChI is InChI=1S/C23H13F3N6OS/c1-13-18(11-30-32(13)20-7-6-16(10-29-20)23(24,25)26)21(33)17(9-28)22-31-19(12-34-22)15-4-2-14(8-27)3-5-15/h2-7,10-12,17H,1H3. The van der Waals surface area contributed by atoms with Gasteiger partial charge in [-0.05, 0) is 31.2 Å². The summed E-state index contributed by atoms with van der Waals surface area (Å²) in [6.07, 6.45) is -2.57. The molecule has 0 bridgehead atoms. The summed E-state index contributed by atoms with van der Waals surface area (Å²) in [6, 6.07) is 12.8. The monoisotopic (exact) mass is 478 g/mol. The predicted molar refractivity (Wildman–Crippen MR) is 116 cm³/mol. The molecule has 0 spiro atoms. The van der Waals surface area contributed by atoms with Gasteiger partial charge in [-0.1, -0.05) is 12.1 Å². The van der Waals surface area contributed by atoms with Crippen molar-refractivity contribution in [3.8, 4) is 29.2 Å². The number of carbonyl (C=O) groups excluding carboxylic acids is 1. The number of pyridine rings is 1. The van der Waals surface area contributed by atoms with Gasteiger partial charge in [0.2, 0.25) is 0 Å². The zero-order valence-electron chi connectivity index (χ0n) is 17.4. The number of benzene rings is 1. The molecule has 1 unspecified atom stereocenters. The molecule has 0 saturated heterocycles. The summed E-state index contributed by atoms with van der Waals surface area (Å²) in [6.45, 7) is 1.57. The Kier molecular flexibility index (Phi) is 5.97. The lowest BCUT2D eigenvalue weighted by atomic mass is 10.00. The molecule has 0 aliphatic carbocycles. The highest BCUT2D eigenvalue weighted by Crippen LogP contribution is 2.31. The molecule has 3 aromatic heterocycles. The van der Waals surface area contributed by atoms with Crippen LogP contribution in [-0.2, 0) is 6.18 Å². The van der Waals surface area contributed by atoms with Crippen LogP contribution in [0.2, 0.25) is 0 Å². The summed E-state index contributed by atoms with van der Waals surface area (Å²) in [7, 11) is 0. The summed E-state index contributed by atoms with van der Waals surface area (Å²) >= 11 is 1.16. The van der Waals surface area contributed by atoms with Crippen molar-refractivity contribution >= 4 is 17.1 Å². The molecule has 34 heavy (non-hydrogen) atoms. The number of alkyl halides is 3. The molecule has 0 fully saturated rings. The van der Waals surface area contributed by atoms with Crippen LogP contribution >= 0.6 is 11.3 Å². The molecule has 0 radical (unpaired) electrons. The van der Waals surface area contributed by atoms with Crippen LogP contribution in [-0.4, -0.2) is 25.5 Å². The minimum Gasteiger partial charge on any atom is -0.292 e. The van der Waals surface area contributed by atoms with Crippen molar-refractivity contribution in [3.05, 3.63) is 81.6 Å². The van der Waals surface area contributed by atoms with Gasteiger partial charge in [0.15, 0.2) is 17.5 Å². The van der Waals surface area contributed by atoms with Crippen LogP contribution in [0.15, 0.2) is 54.2 Å². The number of thiazole rings is 1. The topological polar surface area (TPSA) is 108 Å². The van der Waals surface area contributed by atoms with Gasteiger partial charge in [-0.2, -0.15) is 28.8 Å². The quantitative estimate of drug-likeness (QED) is 0.370. The molecular weight excluding hydrogens is 465 g/mol. The number of hydrogen-bond acceptors (Lipinski definition) is 7. The van der Waals surface area contributed by atoms with Crippen LogP contribution in [0.5, 0.6) is 0 Å². The Labute approximate surface area is 195 Å². The second kappa shape index (κ2) is 8.89. The highest BCUT2D eigenvalue weighted by atomic mass is 32.1. The number of halogens is 3. The predicted octanol–water partition coefficient (Wildman–Crippen LogP) is 5.08. The second-order valence-corrected chi connectivity index (χ2v) is 8.03. The molecule has 0 amide bonds. The van der Waals surface area contributed by atoms with Gasteiger partial charge in [-0.3, -0.25) is 4.79 Å². The largest absolute Gasteiger partial charge is 0.417 e. The number of nitriles is 2. The van der Waals surface area contributed by atoms with Gasteiger partial charge in [0.25, 0.3) is 0 Å². The third-order valence-corrected chi connectivity index (χ3v) is 5.95. The third-order valence-electron chi connectivity index (χ3n) is 5.04. The fraction of sp³-hybridized carbons (Fsp3) is 0.130. The van der Waals surface area contributed by atoms with Gasteiger partial charge >= 0.3 is 6.18 Å². The van der Waals surface area contributed by atoms with E-state index >= 15 is 0 Å². The Morgan fingerprint density at radius 2 is 1.85 bits per heavy atom. The fourth-order valence-corrected chi connectivity index (χ4v) is 4.08. The number of ketones is 1. The fourth-order valence-electron chi connectivity index (χ4n) is 3.21. The maximum absolute atomic E-state index is 13.1. The van der Waals surface area contributed by atoms with E-state index in [2.05, 4.69) is 15.1 Å². The molecule has 4 aromatic rings. The Morgan fingerprint density at radius 3 is 2.44 bits per heavy atom. The smallest absolute Gasteiger partial charge is 0.292 e. The zero-order valence-corrected chi connectivity index (χ0v) is 18.2. The summed E-state index contributed by atoms with van der Waals surface area (Å²) in [5.41, 5.74) is 1.38. The van der Waals surface area contributed by atoms with E-state index in [-0.39, 0.29) is 11.4 Å². The molecule has 0 aliphatic rings. The second-order valence-electron chi connectivity index (χ2n) is 7.14. The summed E-state index contributed by atoms with van der Waals surface area (Å²) in [5.74, 6) is -1.61. The first-order valence-electron chi connectivity index (χ1n) is 9.71. The first-order chi connectivity index (χ1) is 16.2. The molecule has 4 rings (SSSR count). The van der Waals surface area contributed by atoms with Crippen molar-refractivity contribution in [2.75, 3.05) is 0 Å². The van der Waals surface area contributed by atoms with E-state index in [9.17, 15) is 23.2 Å². The van der Waals surface area contributed by atoms with Gasteiger partial charge in [-0.25, -0.2) is 14.6 Å². The van der Waals surface area contributed by atoms with Gasteiger partial charge in [-0.15, -0.1) is 11.3 Å². The number of hydrogen-bond donors (Lipinski definition) is 0. The van der Waals surface area contributed by atoms with Crippen molar-refractivity contribution in [3.63, 3.8) is 0 Å². The molecular formula is C23H13F3N6OS. The van der Waals surface area contributed by atoms with Crippen LogP contribution in [0.4, 0.5) is 13.2 Å². The van der Waals surface area contributed by atoms with Gasteiger partial charge in [0, 0.05) is 17.1 Å². The van der Waals surface area contributed by atoms with Crippen LogP contribution < -0.4 is 0 Å². The Bertz CT molecular complexity index is 1440. The molecule has 168 valence electrons. The normalized spacial score (nSPS) is 12.1. The first-order valence-corrected chi connectivity index (χ1v) is 10.6. The van der Waals surface area contributed by atoms with E-state index in [1.807, 2.05) is 12.1 Å². The van der Waals surface area contributed by atoms with Crippen molar-refractivity contribution in [1.82, 2.24) is 19.7 Å². The highest BCUT2D eigenvalue weighted by molar-refractivity contribution is 7.10. The van der Waals surface area contributed by atoms with Crippen molar-refractivity contribution in [2.24, 2.45) is 0 Å². The lowest BCUT2D eigenvalue weighted by Gasteiger charge is -2.09. The van der Waals surface area contributed by atoms with Gasteiger partial charge in [0.05, 0.1) is 46.4 Å². The van der Waals surface area contributed by atoms with Gasteiger partial charge in [0.1, 0.15) is 5.01 Å². The average molecular weight is 478 g/mol. The third kappa shape index (κ3) is 4.29. The van der Waals surface area contributed by atoms with Crippen LogP contribution in [0.25, 0.3) is 17.1 Å². The van der Waals surface area contributed by atoms with Crippen LogP contribution in [0.3, 0.4) is 0 Å². The summed E-state index contributed by atoms with van der Waals surface area (Å²) < 4.78 is 39.6. The van der Waals surface area contributed by atoms with Crippen LogP contribution in [0, 0.1) is 29.6 Å². The molecule has 0 N–H and O–H groups in total. The number of Topliss-reactive ketones (excluding diaryl/α,β-unsaturated/α-hetero) is 1. The van der Waals surface area contributed by atoms with Crippen LogP contribution in [0.1, 0.15) is 38.1 Å². The van der Waals surface area contributed by atoms with E-state index in [0.29, 0.717) is 28.2 Å². The summed E-state index contributed by atoms with van der Waals surface area (Å²) in [4.78, 5) is 21.4. The van der Waals surface area contributed by atoms with Crippen molar-refractivity contribution in [1.29, 1.82) is 10.5 Å². The Hall–Kier alpha value is -4.35. The SMILES string of the molecule is Cc1c(C(=O)C(C#N)c2nc(-c3ccc(C#N)cc3)cs2)cnn1-c1ccc(C(F)(F)F)cn1. The van der Waals surface area contributed by atoms with E-state index in [1.54, 1.807) is 36.6 Å². The highest BCUT2D eigenvalue weighted by Gasteiger charge is 2.31. The molecule has 1 aromatic carbocycles. The maximum Gasteiger partial charge on any atom is 0.417 e. The minimum atomic E-state index is -4.52. The molecule has 7 nitrogen and oxygen atoms in total.